The Hall–Kier alpha value is -3.35. The zero-order chi connectivity index (χ0) is 20.6. The number of hydrogen-bond donors (Lipinski definition) is 1. The summed E-state index contributed by atoms with van der Waals surface area (Å²) in [4.78, 5) is 40.5. The number of rotatable bonds is 6. The molecule has 1 aliphatic heterocycles. The molecular formula is C22H25N3O4. The van der Waals surface area contributed by atoms with E-state index in [-0.39, 0.29) is 18.4 Å². The summed E-state index contributed by atoms with van der Waals surface area (Å²) in [5, 5.41) is 2.50. The van der Waals surface area contributed by atoms with E-state index in [9.17, 15) is 14.4 Å². The van der Waals surface area contributed by atoms with E-state index in [1.165, 1.54) is 0 Å². The number of amides is 2. The van der Waals surface area contributed by atoms with Gasteiger partial charge in [-0.1, -0.05) is 36.4 Å². The van der Waals surface area contributed by atoms with Gasteiger partial charge in [0, 0.05) is 37.4 Å². The highest BCUT2D eigenvalue weighted by Crippen LogP contribution is 2.16. The summed E-state index contributed by atoms with van der Waals surface area (Å²) < 4.78 is 5.20. The summed E-state index contributed by atoms with van der Waals surface area (Å²) >= 11 is 0. The van der Waals surface area contributed by atoms with E-state index in [4.69, 9.17) is 4.74 Å². The molecular weight excluding hydrogens is 370 g/mol. The van der Waals surface area contributed by atoms with Crippen LogP contribution >= 0.6 is 0 Å². The van der Waals surface area contributed by atoms with E-state index in [2.05, 4.69) is 10.2 Å². The molecule has 2 aromatic carbocycles. The highest BCUT2D eigenvalue weighted by atomic mass is 16.5. The first-order valence-corrected chi connectivity index (χ1v) is 9.66. The summed E-state index contributed by atoms with van der Waals surface area (Å²) in [5.74, 6) is -1.22. The van der Waals surface area contributed by atoms with E-state index in [0.717, 1.165) is 18.8 Å². The van der Waals surface area contributed by atoms with Crippen molar-refractivity contribution < 1.29 is 19.1 Å². The van der Waals surface area contributed by atoms with Crippen molar-refractivity contribution in [3.8, 4) is 0 Å². The topological polar surface area (TPSA) is 78.9 Å². The summed E-state index contributed by atoms with van der Waals surface area (Å²) in [7, 11) is 0. The molecule has 29 heavy (non-hydrogen) atoms. The minimum atomic E-state index is -0.889. The maximum Gasteiger partial charge on any atom is 0.326 e. The first-order valence-electron chi connectivity index (χ1n) is 9.66. The van der Waals surface area contributed by atoms with E-state index >= 15 is 0 Å². The summed E-state index contributed by atoms with van der Waals surface area (Å²) in [6, 6.07) is 18.6. The van der Waals surface area contributed by atoms with Gasteiger partial charge in [-0.2, -0.15) is 0 Å². The van der Waals surface area contributed by atoms with Crippen LogP contribution in [0.25, 0.3) is 0 Å². The highest BCUT2D eigenvalue weighted by Gasteiger charge is 2.27. The first-order chi connectivity index (χ1) is 14.0. The number of carbonyl (C=O) groups is 3. The Kier molecular flexibility index (Phi) is 6.84. The van der Waals surface area contributed by atoms with Crippen molar-refractivity contribution in [3.05, 3.63) is 66.2 Å². The lowest BCUT2D eigenvalue weighted by atomic mass is 10.2. The van der Waals surface area contributed by atoms with Gasteiger partial charge in [0.05, 0.1) is 0 Å². The van der Waals surface area contributed by atoms with Crippen LogP contribution in [0.1, 0.15) is 17.3 Å². The molecule has 0 aliphatic carbocycles. The lowest BCUT2D eigenvalue weighted by molar-refractivity contribution is -0.158. The molecule has 2 aromatic rings. The molecule has 0 aromatic heterocycles. The quantitative estimate of drug-likeness (QED) is 0.753. The third-order valence-corrected chi connectivity index (χ3v) is 4.80. The van der Waals surface area contributed by atoms with Crippen LogP contribution in [0.4, 0.5) is 5.69 Å². The molecule has 0 bridgehead atoms. The summed E-state index contributed by atoms with van der Waals surface area (Å²) in [6.45, 7) is 3.86. The van der Waals surface area contributed by atoms with Gasteiger partial charge < -0.3 is 19.9 Å². The Balaban J connectivity index is 1.42. The Morgan fingerprint density at radius 2 is 1.52 bits per heavy atom. The maximum absolute atomic E-state index is 12.6. The molecule has 1 saturated heterocycles. The maximum atomic E-state index is 12.6. The van der Waals surface area contributed by atoms with E-state index in [0.29, 0.717) is 18.7 Å². The van der Waals surface area contributed by atoms with Crippen molar-refractivity contribution >= 4 is 23.5 Å². The van der Waals surface area contributed by atoms with Crippen molar-refractivity contribution in [1.29, 1.82) is 0 Å². The third-order valence-electron chi connectivity index (χ3n) is 4.80. The van der Waals surface area contributed by atoms with Gasteiger partial charge in [-0.15, -0.1) is 0 Å². The highest BCUT2D eigenvalue weighted by molar-refractivity contribution is 5.96. The standard InChI is InChI=1S/C22H25N3O4/c1-17(29-20(26)16-23-21(27)18-8-4-2-5-9-18)22(28)25-14-12-24(13-15-25)19-10-6-3-7-11-19/h2-11,17H,12-16H2,1H3,(H,23,27). The number of ether oxygens (including phenoxy) is 1. The van der Waals surface area contributed by atoms with Crippen LogP contribution < -0.4 is 10.2 Å². The monoisotopic (exact) mass is 395 g/mol. The largest absolute Gasteiger partial charge is 0.451 e. The summed E-state index contributed by atoms with van der Waals surface area (Å²) in [5.41, 5.74) is 1.59. The number of nitrogens with one attached hydrogen (secondary N) is 1. The summed E-state index contributed by atoms with van der Waals surface area (Å²) in [6.07, 6.45) is -0.889. The van der Waals surface area contributed by atoms with E-state index < -0.39 is 12.1 Å². The van der Waals surface area contributed by atoms with Crippen LogP contribution in [0.2, 0.25) is 0 Å². The van der Waals surface area contributed by atoms with E-state index in [1.54, 1.807) is 42.2 Å². The number of nitrogens with zero attached hydrogens (tertiary/aromatic N) is 2. The van der Waals surface area contributed by atoms with Gasteiger partial charge in [-0.05, 0) is 31.2 Å². The molecule has 152 valence electrons. The number of para-hydroxylation sites is 1. The molecule has 7 heteroatoms. The number of piperazine rings is 1. The van der Waals surface area contributed by atoms with Crippen LogP contribution in [0.5, 0.6) is 0 Å². The zero-order valence-corrected chi connectivity index (χ0v) is 16.4. The Morgan fingerprint density at radius 3 is 2.14 bits per heavy atom. The average Bonchev–Trinajstić information content (AvgIpc) is 2.78. The molecule has 0 saturated carbocycles. The molecule has 2 amide bonds. The molecule has 0 spiro atoms. The second-order valence-corrected chi connectivity index (χ2v) is 6.83. The van der Waals surface area contributed by atoms with Gasteiger partial charge in [-0.25, -0.2) is 0 Å². The first kappa shape index (κ1) is 20.4. The molecule has 1 N–H and O–H groups in total. The normalized spacial score (nSPS) is 14.8. The lowest BCUT2D eigenvalue weighted by Gasteiger charge is -2.37. The van der Waals surface area contributed by atoms with Gasteiger partial charge in [0.2, 0.25) is 0 Å². The van der Waals surface area contributed by atoms with Crippen LogP contribution in [-0.4, -0.2) is 61.5 Å². The predicted molar refractivity (Wildman–Crippen MR) is 110 cm³/mol. The lowest BCUT2D eigenvalue weighted by Crippen LogP contribution is -2.52. The fourth-order valence-corrected chi connectivity index (χ4v) is 3.21. The van der Waals surface area contributed by atoms with Gasteiger partial charge in [0.15, 0.2) is 6.10 Å². The Morgan fingerprint density at radius 1 is 0.931 bits per heavy atom. The van der Waals surface area contributed by atoms with Crippen molar-refractivity contribution in [2.45, 2.75) is 13.0 Å². The smallest absolute Gasteiger partial charge is 0.326 e. The molecule has 1 atom stereocenters. The number of benzene rings is 2. The van der Waals surface area contributed by atoms with Gasteiger partial charge in [-0.3, -0.25) is 14.4 Å². The van der Waals surface area contributed by atoms with Crippen molar-refractivity contribution in [1.82, 2.24) is 10.2 Å². The second-order valence-electron chi connectivity index (χ2n) is 6.83. The molecule has 3 rings (SSSR count). The van der Waals surface area contributed by atoms with Crippen LogP contribution in [0.3, 0.4) is 0 Å². The van der Waals surface area contributed by atoms with Crippen LogP contribution in [0.15, 0.2) is 60.7 Å². The average molecular weight is 395 g/mol. The molecule has 1 aliphatic rings. The molecule has 7 nitrogen and oxygen atoms in total. The predicted octanol–water partition coefficient (Wildman–Crippen LogP) is 1.70. The molecule has 1 unspecified atom stereocenters. The number of hydrogen-bond acceptors (Lipinski definition) is 5. The zero-order valence-electron chi connectivity index (χ0n) is 16.4. The minimum Gasteiger partial charge on any atom is -0.451 e. The fourth-order valence-electron chi connectivity index (χ4n) is 3.21. The number of carbonyl (C=O) groups excluding carboxylic acids is 3. The van der Waals surface area contributed by atoms with Gasteiger partial charge in [0.25, 0.3) is 11.8 Å². The second kappa shape index (κ2) is 9.73. The van der Waals surface area contributed by atoms with Crippen molar-refractivity contribution in [3.63, 3.8) is 0 Å². The Labute approximate surface area is 170 Å². The van der Waals surface area contributed by atoms with Gasteiger partial charge >= 0.3 is 5.97 Å². The SMILES string of the molecule is CC(OC(=O)CNC(=O)c1ccccc1)C(=O)N1CCN(c2ccccc2)CC1. The van der Waals surface area contributed by atoms with Gasteiger partial charge in [0.1, 0.15) is 6.54 Å². The van der Waals surface area contributed by atoms with Crippen LogP contribution in [0, 0.1) is 0 Å². The molecule has 1 fully saturated rings. The number of esters is 1. The van der Waals surface area contributed by atoms with Crippen LogP contribution in [-0.2, 0) is 14.3 Å². The number of anilines is 1. The Bertz CT molecular complexity index is 834. The van der Waals surface area contributed by atoms with Crippen molar-refractivity contribution in [2.75, 3.05) is 37.6 Å². The fraction of sp³-hybridized carbons (Fsp3) is 0.318. The minimum absolute atomic E-state index is 0.222. The molecule has 1 heterocycles. The van der Waals surface area contributed by atoms with Crippen molar-refractivity contribution in [2.24, 2.45) is 0 Å². The third kappa shape index (κ3) is 5.57. The van der Waals surface area contributed by atoms with E-state index in [1.807, 2.05) is 30.3 Å². The molecule has 0 radical (unpaired) electrons.